The molecule has 1 unspecified atom stereocenters. The number of rotatable bonds is 10. The lowest BCUT2D eigenvalue weighted by Gasteiger charge is -2.08. The molecule has 3 aromatic heterocycles. The summed E-state index contributed by atoms with van der Waals surface area (Å²) in [4.78, 5) is 15.5. The third-order valence-electron chi connectivity index (χ3n) is 4.77. The number of likely N-dealkylation sites (N-methyl/N-ethyl adjacent to an activating group) is 1. The van der Waals surface area contributed by atoms with E-state index in [0.29, 0.717) is 47.8 Å². The summed E-state index contributed by atoms with van der Waals surface area (Å²) >= 11 is 0. The van der Waals surface area contributed by atoms with E-state index in [9.17, 15) is 0 Å². The molecule has 3 heterocycles. The largest absolute Gasteiger partial charge is 0.446 e. The van der Waals surface area contributed by atoms with Crippen LogP contribution in [-0.2, 0) is 17.8 Å². The van der Waals surface area contributed by atoms with Crippen molar-refractivity contribution in [2.75, 3.05) is 27.2 Å². The van der Waals surface area contributed by atoms with E-state index in [2.05, 4.69) is 19.9 Å². The molecule has 0 aliphatic rings. The smallest absolute Gasteiger partial charge is 0.249 e. The second-order valence-corrected chi connectivity index (χ2v) is 7.82. The van der Waals surface area contributed by atoms with Crippen LogP contribution in [0.1, 0.15) is 29.0 Å². The highest BCUT2D eigenvalue weighted by molar-refractivity contribution is 5.57. The van der Waals surface area contributed by atoms with Gasteiger partial charge in [0.15, 0.2) is 11.4 Å². The highest BCUT2D eigenvalue weighted by atomic mass is 16.5. The number of ether oxygens (including phenoxy) is 1. The van der Waals surface area contributed by atoms with E-state index in [4.69, 9.17) is 23.7 Å². The van der Waals surface area contributed by atoms with Crippen molar-refractivity contribution in [3.05, 3.63) is 65.8 Å². The topological polar surface area (TPSA) is 117 Å². The number of hydrogen-bond donors (Lipinski definition) is 1. The number of aryl methyl sites for hydroxylation is 1. The molecule has 32 heavy (non-hydrogen) atoms. The molecule has 0 fully saturated rings. The average Bonchev–Trinajstić information content (AvgIpc) is 3.52. The Labute approximate surface area is 186 Å². The summed E-state index contributed by atoms with van der Waals surface area (Å²) in [5, 5.41) is 0. The number of aromatic nitrogens is 3. The zero-order chi connectivity index (χ0) is 22.5. The Balaban J connectivity index is 1.47. The Morgan fingerprint density at radius 2 is 1.84 bits per heavy atom. The van der Waals surface area contributed by atoms with Gasteiger partial charge in [0, 0.05) is 13.0 Å². The summed E-state index contributed by atoms with van der Waals surface area (Å²) in [7, 11) is 3.99. The van der Waals surface area contributed by atoms with Crippen LogP contribution < -0.4 is 5.73 Å². The summed E-state index contributed by atoms with van der Waals surface area (Å²) in [5.41, 5.74) is 9.07. The van der Waals surface area contributed by atoms with E-state index in [1.165, 1.54) is 6.26 Å². The maximum atomic E-state index is 6.20. The van der Waals surface area contributed by atoms with E-state index >= 15 is 0 Å². The van der Waals surface area contributed by atoms with E-state index in [0.717, 1.165) is 17.8 Å². The molecule has 2 N–H and O–H groups in total. The number of oxazole rings is 3. The quantitative estimate of drug-likeness (QED) is 0.397. The van der Waals surface area contributed by atoms with Gasteiger partial charge in [-0.05, 0) is 26.6 Å². The Bertz CT molecular complexity index is 1130. The number of nitrogens with zero attached hydrogens (tertiary/aromatic N) is 4. The highest BCUT2D eigenvalue weighted by Gasteiger charge is 2.23. The average molecular weight is 438 g/mol. The van der Waals surface area contributed by atoms with Crippen LogP contribution in [0.4, 0.5) is 0 Å². The van der Waals surface area contributed by atoms with Crippen LogP contribution in [0.25, 0.3) is 23.2 Å². The third-order valence-corrected chi connectivity index (χ3v) is 4.77. The summed E-state index contributed by atoms with van der Waals surface area (Å²) in [6, 6.07) is 9.39. The molecule has 0 aliphatic heterocycles. The fourth-order valence-electron chi connectivity index (χ4n) is 3.09. The van der Waals surface area contributed by atoms with E-state index in [1.807, 2.05) is 51.4 Å². The predicted molar refractivity (Wildman–Crippen MR) is 118 cm³/mol. The summed E-state index contributed by atoms with van der Waals surface area (Å²) in [5.74, 6) is 1.78. The van der Waals surface area contributed by atoms with Gasteiger partial charge in [-0.1, -0.05) is 30.3 Å². The van der Waals surface area contributed by atoms with Gasteiger partial charge in [-0.15, -0.1) is 0 Å². The molecule has 0 saturated carbocycles. The first-order valence-electron chi connectivity index (χ1n) is 10.4. The molecule has 9 nitrogen and oxygen atoms in total. The predicted octanol–water partition coefficient (Wildman–Crippen LogP) is 3.61. The fourth-order valence-corrected chi connectivity index (χ4v) is 3.09. The van der Waals surface area contributed by atoms with E-state index in [-0.39, 0.29) is 6.61 Å². The molecule has 1 aromatic carbocycles. The SMILES string of the molecule is Cc1coc(-c2nc(-c3coc(C(N)COCc4ccccc4)n3)oc2CCN(C)C)n1. The summed E-state index contributed by atoms with van der Waals surface area (Å²) < 4.78 is 22.8. The van der Waals surface area contributed by atoms with Crippen LogP contribution >= 0.6 is 0 Å². The second-order valence-electron chi connectivity index (χ2n) is 7.82. The molecule has 9 heteroatoms. The first kappa shape index (κ1) is 21.9. The normalized spacial score (nSPS) is 12.5. The van der Waals surface area contributed by atoms with Crippen molar-refractivity contribution in [1.82, 2.24) is 19.9 Å². The number of benzene rings is 1. The van der Waals surface area contributed by atoms with Crippen molar-refractivity contribution in [3.8, 4) is 23.2 Å². The van der Waals surface area contributed by atoms with Gasteiger partial charge in [0.2, 0.25) is 17.7 Å². The zero-order valence-corrected chi connectivity index (χ0v) is 18.4. The molecular formula is C23H27N5O4. The summed E-state index contributed by atoms with van der Waals surface area (Å²) in [6.07, 6.45) is 3.72. The molecule has 168 valence electrons. The van der Waals surface area contributed by atoms with Crippen LogP contribution in [0.5, 0.6) is 0 Å². The molecule has 1 atom stereocenters. The maximum absolute atomic E-state index is 6.20. The first-order valence-corrected chi connectivity index (χ1v) is 10.4. The van der Waals surface area contributed by atoms with Crippen molar-refractivity contribution >= 4 is 0 Å². The molecular weight excluding hydrogens is 410 g/mol. The lowest BCUT2D eigenvalue weighted by Crippen LogP contribution is -2.17. The molecule has 0 radical (unpaired) electrons. The van der Waals surface area contributed by atoms with Gasteiger partial charge >= 0.3 is 0 Å². The first-order chi connectivity index (χ1) is 15.5. The Morgan fingerprint density at radius 1 is 1.03 bits per heavy atom. The molecule has 0 aliphatic carbocycles. The van der Waals surface area contributed by atoms with Crippen LogP contribution in [-0.4, -0.2) is 47.1 Å². The van der Waals surface area contributed by atoms with Crippen LogP contribution in [0, 0.1) is 6.92 Å². The second kappa shape index (κ2) is 9.90. The lowest BCUT2D eigenvalue weighted by molar-refractivity contribution is 0.102. The van der Waals surface area contributed by atoms with Gasteiger partial charge in [-0.25, -0.2) is 15.0 Å². The summed E-state index contributed by atoms with van der Waals surface area (Å²) in [6.45, 7) is 3.39. The van der Waals surface area contributed by atoms with Crippen LogP contribution in [0.2, 0.25) is 0 Å². The van der Waals surface area contributed by atoms with Crippen LogP contribution in [0.15, 0.2) is 56.1 Å². The maximum Gasteiger partial charge on any atom is 0.249 e. The van der Waals surface area contributed by atoms with Crippen molar-refractivity contribution in [3.63, 3.8) is 0 Å². The van der Waals surface area contributed by atoms with Crippen molar-refractivity contribution in [2.45, 2.75) is 26.0 Å². The molecule has 0 amide bonds. The fraction of sp³-hybridized carbons (Fsp3) is 0.348. The van der Waals surface area contributed by atoms with Crippen molar-refractivity contribution < 1.29 is 18.0 Å². The molecule has 0 saturated heterocycles. The Kier molecular flexibility index (Phi) is 6.79. The van der Waals surface area contributed by atoms with Gasteiger partial charge in [0.1, 0.15) is 24.3 Å². The van der Waals surface area contributed by atoms with Crippen molar-refractivity contribution in [2.24, 2.45) is 5.73 Å². The van der Waals surface area contributed by atoms with E-state index in [1.54, 1.807) is 6.26 Å². The van der Waals surface area contributed by atoms with E-state index < -0.39 is 6.04 Å². The van der Waals surface area contributed by atoms with Gasteiger partial charge in [0.25, 0.3) is 0 Å². The monoisotopic (exact) mass is 437 g/mol. The molecule has 0 bridgehead atoms. The van der Waals surface area contributed by atoms with Gasteiger partial charge in [-0.3, -0.25) is 0 Å². The number of hydrogen-bond acceptors (Lipinski definition) is 9. The third kappa shape index (κ3) is 5.31. The highest BCUT2D eigenvalue weighted by Crippen LogP contribution is 2.29. The van der Waals surface area contributed by atoms with Crippen LogP contribution in [0.3, 0.4) is 0 Å². The zero-order valence-electron chi connectivity index (χ0n) is 18.4. The van der Waals surface area contributed by atoms with Gasteiger partial charge < -0.3 is 28.6 Å². The minimum Gasteiger partial charge on any atom is -0.446 e. The van der Waals surface area contributed by atoms with Gasteiger partial charge in [0.05, 0.1) is 18.9 Å². The Hall–Kier alpha value is -3.27. The minimum atomic E-state index is -0.510. The minimum absolute atomic E-state index is 0.273. The standard InChI is InChI=1S/C23H27N5O4/c1-15-11-30-23(25-15)20-19(9-10-28(2)3)32-22(27-20)18-14-31-21(26-18)17(24)13-29-12-16-7-5-4-6-8-16/h4-8,11,14,17H,9-10,12-13,24H2,1-3H3. The van der Waals surface area contributed by atoms with Gasteiger partial charge in [-0.2, -0.15) is 0 Å². The molecule has 4 aromatic rings. The lowest BCUT2D eigenvalue weighted by atomic mass is 10.2. The number of nitrogens with two attached hydrogens (primary N) is 1. The molecule has 0 spiro atoms. The van der Waals surface area contributed by atoms with Crippen molar-refractivity contribution in [1.29, 1.82) is 0 Å². The molecule has 4 rings (SSSR count). The Morgan fingerprint density at radius 3 is 2.56 bits per heavy atom.